The van der Waals surface area contributed by atoms with Gasteiger partial charge in [-0.3, -0.25) is 13.9 Å². The lowest BCUT2D eigenvalue weighted by molar-refractivity contribution is -0.141. The molecule has 0 aliphatic heterocycles. The molecule has 0 unspecified atom stereocenters. The first-order chi connectivity index (χ1) is 17.5. The van der Waals surface area contributed by atoms with E-state index in [1.165, 1.54) is 4.31 Å². The molecule has 0 radical (unpaired) electrons. The Morgan fingerprint density at radius 3 is 2.41 bits per heavy atom. The number of anilines is 1. The monoisotopic (exact) mass is 611 g/mol. The molecule has 0 bridgehead atoms. The summed E-state index contributed by atoms with van der Waals surface area (Å²) < 4.78 is 27.4. The van der Waals surface area contributed by atoms with Gasteiger partial charge in [-0.05, 0) is 68.5 Å². The van der Waals surface area contributed by atoms with Gasteiger partial charge in [-0.2, -0.15) is 0 Å². The van der Waals surface area contributed by atoms with Gasteiger partial charge in [-0.15, -0.1) is 0 Å². The van der Waals surface area contributed by atoms with Crippen LogP contribution in [-0.4, -0.2) is 50.0 Å². The molecule has 0 saturated heterocycles. The van der Waals surface area contributed by atoms with E-state index in [1.54, 1.807) is 30.0 Å². The van der Waals surface area contributed by atoms with Gasteiger partial charge in [0.15, 0.2) is 0 Å². The Hall–Kier alpha value is -2.10. The van der Waals surface area contributed by atoms with Crippen LogP contribution < -0.4 is 9.62 Å². The first-order valence-electron chi connectivity index (χ1n) is 12.5. The summed E-state index contributed by atoms with van der Waals surface area (Å²) in [6, 6.07) is 12.2. The summed E-state index contributed by atoms with van der Waals surface area (Å²) in [7, 11) is -3.59. The van der Waals surface area contributed by atoms with E-state index in [9.17, 15) is 18.0 Å². The molecule has 10 heteroatoms. The highest BCUT2D eigenvalue weighted by Gasteiger charge is 2.29. The number of halogens is 2. The zero-order valence-corrected chi connectivity index (χ0v) is 24.7. The number of benzene rings is 2. The van der Waals surface area contributed by atoms with E-state index >= 15 is 0 Å². The van der Waals surface area contributed by atoms with E-state index in [-0.39, 0.29) is 37.4 Å². The average molecular weight is 613 g/mol. The summed E-state index contributed by atoms with van der Waals surface area (Å²) in [5, 5.41) is 3.53. The average Bonchev–Trinajstić information content (AvgIpc) is 3.35. The van der Waals surface area contributed by atoms with Crippen molar-refractivity contribution in [2.75, 3.05) is 17.1 Å². The number of amides is 2. The quantitative estimate of drug-likeness (QED) is 0.367. The first-order valence-corrected chi connectivity index (χ1v) is 15.6. The molecule has 7 nitrogen and oxygen atoms in total. The fourth-order valence-electron chi connectivity index (χ4n) is 4.59. The van der Waals surface area contributed by atoms with Gasteiger partial charge in [-0.25, -0.2) is 8.42 Å². The fraction of sp³-hybridized carbons (Fsp3) is 0.481. The third-order valence-electron chi connectivity index (χ3n) is 6.73. The number of sulfonamides is 1. The fourth-order valence-corrected chi connectivity index (χ4v) is 6.04. The van der Waals surface area contributed by atoms with E-state index in [0.29, 0.717) is 17.1 Å². The summed E-state index contributed by atoms with van der Waals surface area (Å²) in [5.41, 5.74) is 2.18. The molecule has 0 spiro atoms. The van der Waals surface area contributed by atoms with E-state index in [0.717, 1.165) is 47.5 Å². The standard InChI is InChI=1S/C27H35BrClN3O4S/c1-19-10-15-23(29)17-25(19)32(37(3,35)36)16-6-9-26(33)31(18-21-11-13-22(28)14-12-21)20(2)27(34)30-24-7-4-5-8-24/h10-15,17,20,24H,4-9,16,18H2,1-3H3,(H,30,34)/t20-/m0/s1. The third kappa shape index (κ3) is 8.45. The van der Waals surface area contributed by atoms with Crippen LogP contribution in [0.4, 0.5) is 5.69 Å². The molecule has 1 atom stereocenters. The predicted molar refractivity (Wildman–Crippen MR) is 152 cm³/mol. The molecule has 202 valence electrons. The van der Waals surface area contributed by atoms with Crippen molar-refractivity contribution >= 4 is 55.1 Å². The van der Waals surface area contributed by atoms with Crippen molar-refractivity contribution in [2.24, 2.45) is 0 Å². The summed E-state index contributed by atoms with van der Waals surface area (Å²) in [6.45, 7) is 3.98. The summed E-state index contributed by atoms with van der Waals surface area (Å²) in [5.74, 6) is -0.363. The molecular formula is C27H35BrClN3O4S. The number of hydrogen-bond acceptors (Lipinski definition) is 4. The summed E-state index contributed by atoms with van der Waals surface area (Å²) >= 11 is 9.55. The van der Waals surface area contributed by atoms with Crippen LogP contribution in [0.2, 0.25) is 5.02 Å². The number of carbonyl (C=O) groups is 2. The Bertz CT molecular complexity index is 1200. The van der Waals surface area contributed by atoms with Crippen molar-refractivity contribution in [2.45, 2.75) is 71.0 Å². The van der Waals surface area contributed by atoms with Crippen molar-refractivity contribution in [3.63, 3.8) is 0 Å². The number of hydrogen-bond donors (Lipinski definition) is 1. The van der Waals surface area contributed by atoms with Gasteiger partial charge in [0.1, 0.15) is 6.04 Å². The number of rotatable bonds is 11. The van der Waals surface area contributed by atoms with Gasteiger partial charge in [0.05, 0.1) is 11.9 Å². The van der Waals surface area contributed by atoms with Gasteiger partial charge in [-0.1, -0.05) is 58.6 Å². The molecular weight excluding hydrogens is 578 g/mol. The molecule has 0 aromatic heterocycles. The van der Waals surface area contributed by atoms with Crippen LogP contribution >= 0.6 is 27.5 Å². The highest BCUT2D eigenvalue weighted by Crippen LogP contribution is 2.27. The Labute approximate surface area is 233 Å². The normalized spacial score (nSPS) is 14.8. The van der Waals surface area contributed by atoms with Gasteiger partial charge in [0, 0.05) is 35.0 Å². The molecule has 2 aromatic rings. The second kappa shape index (κ2) is 13.1. The molecule has 3 rings (SSSR count). The number of nitrogens with one attached hydrogen (secondary N) is 1. The molecule has 2 amide bonds. The maximum atomic E-state index is 13.4. The van der Waals surface area contributed by atoms with Crippen molar-refractivity contribution in [1.82, 2.24) is 10.2 Å². The van der Waals surface area contributed by atoms with Gasteiger partial charge < -0.3 is 10.2 Å². The maximum absolute atomic E-state index is 13.4. The Morgan fingerprint density at radius 2 is 1.78 bits per heavy atom. The molecule has 37 heavy (non-hydrogen) atoms. The van der Waals surface area contributed by atoms with Crippen molar-refractivity contribution in [3.05, 3.63) is 63.1 Å². The molecule has 1 saturated carbocycles. The molecule has 0 heterocycles. The summed E-state index contributed by atoms with van der Waals surface area (Å²) in [6.07, 6.45) is 5.67. The van der Waals surface area contributed by atoms with Crippen LogP contribution in [0.15, 0.2) is 46.9 Å². The van der Waals surface area contributed by atoms with Crippen LogP contribution in [0.5, 0.6) is 0 Å². The van der Waals surface area contributed by atoms with Crippen molar-refractivity contribution < 1.29 is 18.0 Å². The SMILES string of the molecule is Cc1ccc(Cl)cc1N(CCCC(=O)N(Cc1ccc(Br)cc1)[C@@H](C)C(=O)NC1CCCC1)S(C)(=O)=O. The van der Waals surface area contributed by atoms with E-state index in [1.807, 2.05) is 31.2 Å². The van der Waals surface area contributed by atoms with Crippen LogP contribution in [0.1, 0.15) is 56.6 Å². The second-order valence-corrected chi connectivity index (χ2v) is 12.9. The van der Waals surface area contributed by atoms with Gasteiger partial charge in [0.25, 0.3) is 0 Å². The lowest BCUT2D eigenvalue weighted by Crippen LogP contribution is -2.49. The lowest BCUT2D eigenvalue weighted by Gasteiger charge is -2.30. The van der Waals surface area contributed by atoms with Crippen molar-refractivity contribution in [1.29, 1.82) is 0 Å². The minimum atomic E-state index is -3.59. The lowest BCUT2D eigenvalue weighted by atomic mass is 10.1. The number of aryl methyl sites for hydroxylation is 1. The molecule has 1 N–H and O–H groups in total. The smallest absolute Gasteiger partial charge is 0.242 e. The highest BCUT2D eigenvalue weighted by atomic mass is 79.9. The topological polar surface area (TPSA) is 86.8 Å². The van der Waals surface area contributed by atoms with E-state index in [2.05, 4.69) is 21.2 Å². The maximum Gasteiger partial charge on any atom is 0.242 e. The van der Waals surface area contributed by atoms with Gasteiger partial charge >= 0.3 is 0 Å². The predicted octanol–water partition coefficient (Wildman–Crippen LogP) is 5.43. The zero-order valence-electron chi connectivity index (χ0n) is 21.5. The number of carbonyl (C=O) groups excluding carboxylic acids is 2. The Morgan fingerprint density at radius 1 is 1.14 bits per heavy atom. The zero-order chi connectivity index (χ0) is 27.2. The van der Waals surface area contributed by atoms with Crippen molar-refractivity contribution in [3.8, 4) is 0 Å². The number of nitrogens with zero attached hydrogens (tertiary/aromatic N) is 2. The molecule has 1 fully saturated rings. The largest absolute Gasteiger partial charge is 0.352 e. The second-order valence-electron chi connectivity index (χ2n) is 9.68. The van der Waals surface area contributed by atoms with Gasteiger partial charge in [0.2, 0.25) is 21.8 Å². The Balaban J connectivity index is 1.73. The van der Waals surface area contributed by atoms with Crippen LogP contribution in [0.3, 0.4) is 0 Å². The van der Waals surface area contributed by atoms with Crippen LogP contribution in [-0.2, 0) is 26.2 Å². The first kappa shape index (κ1) is 29.5. The molecule has 1 aliphatic carbocycles. The van der Waals surface area contributed by atoms with E-state index < -0.39 is 16.1 Å². The minimum absolute atomic E-state index is 0.100. The highest BCUT2D eigenvalue weighted by molar-refractivity contribution is 9.10. The third-order valence-corrected chi connectivity index (χ3v) is 8.67. The van der Waals surface area contributed by atoms with E-state index in [4.69, 9.17) is 11.6 Å². The van der Waals surface area contributed by atoms with Crippen LogP contribution in [0, 0.1) is 6.92 Å². The molecule has 1 aliphatic rings. The molecule has 2 aromatic carbocycles. The summed E-state index contributed by atoms with van der Waals surface area (Å²) in [4.78, 5) is 28.1. The Kier molecular flexibility index (Phi) is 10.4. The minimum Gasteiger partial charge on any atom is -0.352 e. The van der Waals surface area contributed by atoms with Crippen LogP contribution in [0.25, 0.3) is 0 Å².